The Morgan fingerprint density at radius 3 is 2.52 bits per heavy atom. The number of rotatable bonds is 9. The summed E-state index contributed by atoms with van der Waals surface area (Å²) in [6.45, 7) is 8.68. The molecule has 0 fully saturated rings. The summed E-state index contributed by atoms with van der Waals surface area (Å²) in [5.74, 6) is 1.94. The van der Waals surface area contributed by atoms with E-state index in [1.165, 1.54) is 0 Å². The number of aryl methyl sites for hydroxylation is 2. The Morgan fingerprint density at radius 2 is 1.81 bits per heavy atom. The lowest BCUT2D eigenvalue weighted by Gasteiger charge is -2.19. The van der Waals surface area contributed by atoms with Crippen molar-refractivity contribution in [3.63, 3.8) is 0 Å². The van der Waals surface area contributed by atoms with Crippen molar-refractivity contribution < 1.29 is 14.3 Å². The predicted octanol–water partition coefficient (Wildman–Crippen LogP) is 4.64. The summed E-state index contributed by atoms with van der Waals surface area (Å²) in [7, 11) is 1.68. The monoisotopic (exact) mass is 369 g/mol. The molecule has 2 aromatic carbocycles. The molecule has 0 spiro atoms. The van der Waals surface area contributed by atoms with Gasteiger partial charge >= 0.3 is 0 Å². The minimum absolute atomic E-state index is 0.0914. The first kappa shape index (κ1) is 20.8. The van der Waals surface area contributed by atoms with E-state index >= 15 is 0 Å². The number of carbonyl (C=O) groups excluding carboxylic acids is 1. The van der Waals surface area contributed by atoms with Crippen LogP contribution in [0, 0.1) is 6.92 Å². The Kier molecular flexibility index (Phi) is 7.71. The molecule has 1 N–H and O–H groups in total. The molecule has 146 valence electrons. The summed E-state index contributed by atoms with van der Waals surface area (Å²) >= 11 is 0. The van der Waals surface area contributed by atoms with Gasteiger partial charge in [-0.3, -0.25) is 4.79 Å². The van der Waals surface area contributed by atoms with Gasteiger partial charge in [0.15, 0.2) is 6.10 Å². The van der Waals surface area contributed by atoms with E-state index in [0.29, 0.717) is 12.5 Å². The molecule has 2 aromatic rings. The molecule has 0 aliphatic carbocycles. The average molecular weight is 370 g/mol. The van der Waals surface area contributed by atoms with E-state index in [1.54, 1.807) is 14.0 Å². The molecule has 0 heterocycles. The van der Waals surface area contributed by atoms with Crippen LogP contribution in [-0.2, 0) is 11.2 Å². The molecule has 2 rings (SSSR count). The zero-order valence-electron chi connectivity index (χ0n) is 17.0. The molecule has 1 amide bonds. The second-order valence-corrected chi connectivity index (χ2v) is 7.16. The molecule has 4 heteroatoms. The van der Waals surface area contributed by atoms with Gasteiger partial charge < -0.3 is 14.8 Å². The lowest BCUT2D eigenvalue weighted by molar-refractivity contribution is -0.127. The van der Waals surface area contributed by atoms with Gasteiger partial charge in [-0.1, -0.05) is 44.2 Å². The van der Waals surface area contributed by atoms with Crippen molar-refractivity contribution in [2.24, 2.45) is 0 Å². The molecule has 0 saturated heterocycles. The fraction of sp³-hybridized carbons (Fsp3) is 0.435. The third-order valence-corrected chi connectivity index (χ3v) is 4.58. The maximum Gasteiger partial charge on any atom is 0.260 e. The highest BCUT2D eigenvalue weighted by Crippen LogP contribution is 2.28. The molecule has 0 unspecified atom stereocenters. The van der Waals surface area contributed by atoms with Gasteiger partial charge in [0, 0.05) is 6.54 Å². The van der Waals surface area contributed by atoms with Crippen LogP contribution >= 0.6 is 0 Å². The van der Waals surface area contributed by atoms with Gasteiger partial charge in [-0.25, -0.2) is 0 Å². The smallest absolute Gasteiger partial charge is 0.260 e. The number of methoxy groups -OCH3 is 1. The van der Waals surface area contributed by atoms with Crippen LogP contribution in [-0.4, -0.2) is 25.7 Å². The number of benzene rings is 2. The fourth-order valence-electron chi connectivity index (χ4n) is 3.01. The molecule has 0 aliphatic rings. The summed E-state index contributed by atoms with van der Waals surface area (Å²) in [5, 5.41) is 2.97. The average Bonchev–Trinajstić information content (AvgIpc) is 2.65. The highest BCUT2D eigenvalue weighted by Gasteiger charge is 2.17. The van der Waals surface area contributed by atoms with Crippen LogP contribution in [0.4, 0.5) is 0 Å². The van der Waals surface area contributed by atoms with Crippen LogP contribution in [0.5, 0.6) is 11.5 Å². The van der Waals surface area contributed by atoms with Gasteiger partial charge in [-0.2, -0.15) is 0 Å². The molecule has 4 nitrogen and oxygen atoms in total. The topological polar surface area (TPSA) is 47.6 Å². The molecule has 1 atom stereocenters. The van der Waals surface area contributed by atoms with E-state index in [4.69, 9.17) is 9.47 Å². The van der Waals surface area contributed by atoms with Gasteiger partial charge in [0.05, 0.1) is 7.11 Å². The third-order valence-electron chi connectivity index (χ3n) is 4.58. The second-order valence-electron chi connectivity index (χ2n) is 7.16. The van der Waals surface area contributed by atoms with Gasteiger partial charge in [0.25, 0.3) is 5.91 Å². The quantitative estimate of drug-likeness (QED) is 0.655. The lowest BCUT2D eigenvalue weighted by atomic mass is 10.0. The lowest BCUT2D eigenvalue weighted by Crippen LogP contribution is -2.37. The number of para-hydroxylation sites is 1. The van der Waals surface area contributed by atoms with Crippen molar-refractivity contribution >= 4 is 5.91 Å². The number of hydrogen-bond acceptors (Lipinski definition) is 3. The molecule has 0 radical (unpaired) electrons. The molecule has 0 saturated carbocycles. The van der Waals surface area contributed by atoms with Gasteiger partial charge in [-0.15, -0.1) is 0 Å². The van der Waals surface area contributed by atoms with Gasteiger partial charge in [-0.05, 0) is 61.4 Å². The second kappa shape index (κ2) is 10.0. The van der Waals surface area contributed by atoms with Crippen molar-refractivity contribution in [1.82, 2.24) is 5.32 Å². The van der Waals surface area contributed by atoms with Crippen LogP contribution in [0.25, 0.3) is 0 Å². The summed E-state index contributed by atoms with van der Waals surface area (Å²) in [5.41, 5.74) is 3.40. The van der Waals surface area contributed by atoms with E-state index in [0.717, 1.165) is 41.0 Å². The van der Waals surface area contributed by atoms with Gasteiger partial charge in [0.1, 0.15) is 11.5 Å². The van der Waals surface area contributed by atoms with Crippen LogP contribution in [0.1, 0.15) is 49.8 Å². The third kappa shape index (κ3) is 6.02. The fourth-order valence-corrected chi connectivity index (χ4v) is 3.01. The van der Waals surface area contributed by atoms with Crippen molar-refractivity contribution in [2.45, 2.75) is 52.6 Å². The highest BCUT2D eigenvalue weighted by atomic mass is 16.5. The molecule has 27 heavy (non-hydrogen) atoms. The summed E-state index contributed by atoms with van der Waals surface area (Å²) in [4.78, 5) is 12.4. The SMILES string of the molecule is COc1ccccc1CCCNC(=O)[C@@H](C)Oc1cc(C)ccc1C(C)C. The first-order valence-corrected chi connectivity index (χ1v) is 9.59. The number of amides is 1. The van der Waals surface area contributed by atoms with E-state index in [2.05, 4.69) is 37.4 Å². The normalized spacial score (nSPS) is 11.9. The maximum absolute atomic E-state index is 12.4. The number of carbonyl (C=O) groups is 1. The van der Waals surface area contributed by atoms with Crippen molar-refractivity contribution in [2.75, 3.05) is 13.7 Å². The van der Waals surface area contributed by atoms with Crippen LogP contribution in [0.3, 0.4) is 0 Å². The molecule has 0 aromatic heterocycles. The maximum atomic E-state index is 12.4. The number of ether oxygens (including phenoxy) is 2. The molecular formula is C23H31NO3. The molecule has 0 aliphatic heterocycles. The van der Waals surface area contributed by atoms with E-state index in [-0.39, 0.29) is 5.91 Å². The Hall–Kier alpha value is -2.49. The van der Waals surface area contributed by atoms with Crippen molar-refractivity contribution in [1.29, 1.82) is 0 Å². The van der Waals surface area contributed by atoms with Crippen LogP contribution < -0.4 is 14.8 Å². The Labute approximate surface area is 162 Å². The first-order valence-electron chi connectivity index (χ1n) is 9.59. The zero-order valence-corrected chi connectivity index (χ0v) is 17.0. The molecular weight excluding hydrogens is 338 g/mol. The summed E-state index contributed by atoms with van der Waals surface area (Å²) < 4.78 is 11.3. The molecule has 0 bridgehead atoms. The summed E-state index contributed by atoms with van der Waals surface area (Å²) in [6.07, 6.45) is 1.17. The van der Waals surface area contributed by atoms with Crippen molar-refractivity contribution in [3.05, 3.63) is 59.2 Å². The number of hydrogen-bond donors (Lipinski definition) is 1. The minimum atomic E-state index is -0.532. The Bertz CT molecular complexity index is 755. The predicted molar refractivity (Wildman–Crippen MR) is 110 cm³/mol. The van der Waals surface area contributed by atoms with Crippen LogP contribution in [0.15, 0.2) is 42.5 Å². The van der Waals surface area contributed by atoms with E-state index < -0.39 is 6.10 Å². The standard InChI is InChI=1S/C23H31NO3/c1-16(2)20-13-12-17(3)15-22(20)27-18(4)23(25)24-14-8-10-19-9-6-7-11-21(19)26-5/h6-7,9,11-13,15-16,18H,8,10,14H2,1-5H3,(H,24,25)/t18-/m1/s1. The Morgan fingerprint density at radius 1 is 1.07 bits per heavy atom. The van der Waals surface area contributed by atoms with E-state index in [1.807, 2.05) is 31.2 Å². The Balaban J connectivity index is 1.85. The first-order chi connectivity index (χ1) is 12.9. The van der Waals surface area contributed by atoms with E-state index in [9.17, 15) is 4.79 Å². The van der Waals surface area contributed by atoms with Crippen molar-refractivity contribution in [3.8, 4) is 11.5 Å². The summed E-state index contributed by atoms with van der Waals surface area (Å²) in [6, 6.07) is 14.1. The zero-order chi connectivity index (χ0) is 19.8. The minimum Gasteiger partial charge on any atom is -0.496 e. The van der Waals surface area contributed by atoms with Gasteiger partial charge in [0.2, 0.25) is 0 Å². The highest BCUT2D eigenvalue weighted by molar-refractivity contribution is 5.80. The van der Waals surface area contributed by atoms with Crippen LogP contribution in [0.2, 0.25) is 0 Å². The number of nitrogens with one attached hydrogen (secondary N) is 1. The largest absolute Gasteiger partial charge is 0.496 e.